The SMILES string of the molecule is C(=N\c1cc2ccccc2c2ccccc12)/c1cccc(-c2c3oc4ccccc4c3cc3oc4ccccc4c23)c1. The van der Waals surface area contributed by atoms with E-state index in [9.17, 15) is 0 Å². The van der Waals surface area contributed by atoms with Gasteiger partial charge >= 0.3 is 0 Å². The second-order valence-corrected chi connectivity index (χ2v) is 10.7. The molecule has 196 valence electrons. The van der Waals surface area contributed by atoms with Crippen molar-refractivity contribution in [1.29, 1.82) is 0 Å². The van der Waals surface area contributed by atoms with Crippen molar-refractivity contribution in [3.8, 4) is 11.1 Å². The molecule has 0 radical (unpaired) electrons. The van der Waals surface area contributed by atoms with Crippen LogP contribution in [0.1, 0.15) is 5.56 Å². The fraction of sp³-hybridized carbons (Fsp3) is 0. The van der Waals surface area contributed by atoms with Crippen molar-refractivity contribution >= 4 is 77.3 Å². The summed E-state index contributed by atoms with van der Waals surface area (Å²) in [5.41, 5.74) is 7.52. The van der Waals surface area contributed by atoms with E-state index in [1.54, 1.807) is 0 Å². The number of aliphatic imine (C=N–C) groups is 1. The van der Waals surface area contributed by atoms with Crippen molar-refractivity contribution in [3.05, 3.63) is 139 Å². The lowest BCUT2D eigenvalue weighted by Crippen LogP contribution is -1.86. The fourth-order valence-corrected chi connectivity index (χ4v) is 6.40. The van der Waals surface area contributed by atoms with Crippen LogP contribution in [0.4, 0.5) is 5.69 Å². The summed E-state index contributed by atoms with van der Waals surface area (Å²) in [7, 11) is 0. The van der Waals surface area contributed by atoms with E-state index in [0.717, 1.165) is 71.6 Å². The molecule has 0 fully saturated rings. The molecular formula is C39H23NO2. The second kappa shape index (κ2) is 8.92. The summed E-state index contributed by atoms with van der Waals surface area (Å²) in [4.78, 5) is 5.02. The first-order chi connectivity index (χ1) is 20.8. The average Bonchev–Trinajstić information content (AvgIpc) is 3.60. The molecule has 7 aromatic carbocycles. The third-order valence-corrected chi connectivity index (χ3v) is 8.28. The molecule has 2 aromatic heterocycles. The highest BCUT2D eigenvalue weighted by atomic mass is 16.3. The van der Waals surface area contributed by atoms with Gasteiger partial charge in [0.05, 0.1) is 5.69 Å². The average molecular weight is 538 g/mol. The van der Waals surface area contributed by atoms with Crippen molar-refractivity contribution in [2.45, 2.75) is 0 Å². The number of fused-ring (bicyclic) bond motifs is 9. The molecule has 0 N–H and O–H groups in total. The first kappa shape index (κ1) is 23.1. The van der Waals surface area contributed by atoms with E-state index in [1.807, 2.05) is 36.5 Å². The van der Waals surface area contributed by atoms with Gasteiger partial charge in [-0.1, -0.05) is 103 Å². The van der Waals surface area contributed by atoms with Crippen molar-refractivity contribution < 1.29 is 8.83 Å². The molecule has 0 saturated carbocycles. The van der Waals surface area contributed by atoms with Gasteiger partial charge in [-0.2, -0.15) is 0 Å². The maximum Gasteiger partial charge on any atom is 0.144 e. The zero-order valence-corrected chi connectivity index (χ0v) is 22.5. The lowest BCUT2D eigenvalue weighted by Gasteiger charge is -2.08. The number of para-hydroxylation sites is 2. The van der Waals surface area contributed by atoms with Crippen LogP contribution in [-0.4, -0.2) is 6.21 Å². The summed E-state index contributed by atoms with van der Waals surface area (Å²) < 4.78 is 12.9. The predicted octanol–water partition coefficient (Wildman–Crippen LogP) is 11.2. The third kappa shape index (κ3) is 3.44. The lowest BCUT2D eigenvalue weighted by molar-refractivity contribution is 0.664. The summed E-state index contributed by atoms with van der Waals surface area (Å²) in [5, 5.41) is 9.04. The third-order valence-electron chi connectivity index (χ3n) is 8.28. The number of rotatable bonds is 3. The molecule has 0 atom stereocenters. The minimum Gasteiger partial charge on any atom is -0.456 e. The van der Waals surface area contributed by atoms with Gasteiger partial charge in [-0.25, -0.2) is 0 Å². The maximum absolute atomic E-state index is 6.55. The molecule has 3 nitrogen and oxygen atoms in total. The van der Waals surface area contributed by atoms with E-state index in [4.69, 9.17) is 13.8 Å². The van der Waals surface area contributed by atoms with Gasteiger partial charge in [0.1, 0.15) is 22.3 Å². The number of hydrogen-bond acceptors (Lipinski definition) is 3. The van der Waals surface area contributed by atoms with Crippen molar-refractivity contribution in [1.82, 2.24) is 0 Å². The normalized spacial score (nSPS) is 12.2. The van der Waals surface area contributed by atoms with Gasteiger partial charge in [0.2, 0.25) is 0 Å². The van der Waals surface area contributed by atoms with Crippen LogP contribution in [0.3, 0.4) is 0 Å². The van der Waals surface area contributed by atoms with E-state index < -0.39 is 0 Å². The summed E-state index contributed by atoms with van der Waals surface area (Å²) in [6.45, 7) is 0. The van der Waals surface area contributed by atoms with Crippen LogP contribution in [0, 0.1) is 0 Å². The molecule has 0 spiro atoms. The summed E-state index contributed by atoms with van der Waals surface area (Å²) in [6.07, 6.45) is 1.96. The van der Waals surface area contributed by atoms with Gasteiger partial charge in [0.25, 0.3) is 0 Å². The van der Waals surface area contributed by atoms with E-state index in [2.05, 4.69) is 103 Å². The molecule has 0 saturated heterocycles. The van der Waals surface area contributed by atoms with Crippen LogP contribution in [0.15, 0.2) is 147 Å². The predicted molar refractivity (Wildman–Crippen MR) is 175 cm³/mol. The van der Waals surface area contributed by atoms with Crippen molar-refractivity contribution in [3.63, 3.8) is 0 Å². The Morgan fingerprint density at radius 2 is 1.17 bits per heavy atom. The maximum atomic E-state index is 6.55. The zero-order chi connectivity index (χ0) is 27.6. The first-order valence-electron chi connectivity index (χ1n) is 14.1. The van der Waals surface area contributed by atoms with Crippen LogP contribution in [0.25, 0.3) is 76.5 Å². The summed E-state index contributed by atoms with van der Waals surface area (Å²) in [5.74, 6) is 0. The summed E-state index contributed by atoms with van der Waals surface area (Å²) >= 11 is 0. The van der Waals surface area contributed by atoms with Crippen molar-refractivity contribution in [2.24, 2.45) is 4.99 Å². The van der Waals surface area contributed by atoms with Crippen LogP contribution in [-0.2, 0) is 0 Å². The van der Waals surface area contributed by atoms with E-state index >= 15 is 0 Å². The standard InChI is InChI=1S/C39H23NO2/c1-2-13-27-25(11-1)21-33(29-15-4-3-14-28(27)29)40-23-24-10-9-12-26(20-24)37-38-31-17-6-8-19-35(31)41-36(38)22-32-30-16-5-7-18-34(30)42-39(32)37/h1-23H/b40-23+. The topological polar surface area (TPSA) is 38.6 Å². The van der Waals surface area contributed by atoms with E-state index in [0.29, 0.717) is 0 Å². The van der Waals surface area contributed by atoms with Gasteiger partial charge in [-0.3, -0.25) is 4.99 Å². The Morgan fingerprint density at radius 3 is 2.02 bits per heavy atom. The van der Waals surface area contributed by atoms with Gasteiger partial charge in [0, 0.05) is 38.7 Å². The molecule has 2 heterocycles. The highest BCUT2D eigenvalue weighted by molar-refractivity contribution is 6.23. The minimum atomic E-state index is 0.854. The molecular weight excluding hydrogens is 514 g/mol. The van der Waals surface area contributed by atoms with E-state index in [-0.39, 0.29) is 0 Å². The molecule has 3 heteroatoms. The Labute approximate surface area is 240 Å². The van der Waals surface area contributed by atoms with E-state index in [1.165, 1.54) is 16.2 Å². The second-order valence-electron chi connectivity index (χ2n) is 10.7. The van der Waals surface area contributed by atoms with Crippen LogP contribution in [0.5, 0.6) is 0 Å². The van der Waals surface area contributed by atoms with Crippen molar-refractivity contribution in [2.75, 3.05) is 0 Å². The smallest absolute Gasteiger partial charge is 0.144 e. The Hall–Kier alpha value is -5.67. The quantitative estimate of drug-likeness (QED) is 0.166. The number of hydrogen-bond donors (Lipinski definition) is 0. The van der Waals surface area contributed by atoms with Gasteiger partial charge in [0.15, 0.2) is 0 Å². The molecule has 0 aliphatic carbocycles. The van der Waals surface area contributed by atoms with Gasteiger partial charge in [-0.15, -0.1) is 0 Å². The molecule has 0 unspecified atom stereocenters. The first-order valence-corrected chi connectivity index (χ1v) is 14.1. The minimum absolute atomic E-state index is 0.854. The number of nitrogens with zero attached hydrogens (tertiary/aromatic N) is 1. The molecule has 9 rings (SSSR count). The van der Waals surface area contributed by atoms with Crippen LogP contribution in [0.2, 0.25) is 0 Å². The molecule has 0 bridgehead atoms. The lowest BCUT2D eigenvalue weighted by atomic mass is 9.95. The Bertz CT molecular complexity index is 2520. The monoisotopic (exact) mass is 537 g/mol. The van der Waals surface area contributed by atoms with Gasteiger partial charge in [-0.05, 0) is 57.6 Å². The Morgan fingerprint density at radius 1 is 0.476 bits per heavy atom. The number of furan rings is 2. The fourth-order valence-electron chi connectivity index (χ4n) is 6.40. The molecule has 0 amide bonds. The van der Waals surface area contributed by atoms with Gasteiger partial charge < -0.3 is 8.83 Å². The Balaban J connectivity index is 1.26. The molecule has 0 aliphatic heterocycles. The zero-order valence-electron chi connectivity index (χ0n) is 22.5. The summed E-state index contributed by atoms with van der Waals surface area (Å²) in [6, 6.07) is 46.2. The molecule has 42 heavy (non-hydrogen) atoms. The van der Waals surface area contributed by atoms with Crippen LogP contribution >= 0.6 is 0 Å². The molecule has 0 aliphatic rings. The largest absolute Gasteiger partial charge is 0.456 e. The van der Waals surface area contributed by atoms with Crippen LogP contribution < -0.4 is 0 Å². The number of benzene rings is 7. The Kier molecular flexibility index (Phi) is 4.90. The molecule has 9 aromatic rings. The highest BCUT2D eigenvalue weighted by Crippen LogP contribution is 2.45. The highest BCUT2D eigenvalue weighted by Gasteiger charge is 2.20.